The molecule has 0 aliphatic rings. The van der Waals surface area contributed by atoms with Gasteiger partial charge in [-0.2, -0.15) is 0 Å². The largest absolute Gasteiger partial charge is 0.324 e. The fraction of sp³-hybridized carbons (Fsp3) is 0.125. The van der Waals surface area contributed by atoms with Crippen LogP contribution in [0.25, 0.3) is 11.4 Å². The molecule has 1 aromatic heterocycles. The van der Waals surface area contributed by atoms with Crippen LogP contribution in [0.5, 0.6) is 0 Å². The van der Waals surface area contributed by atoms with Gasteiger partial charge < -0.3 is 5.32 Å². The summed E-state index contributed by atoms with van der Waals surface area (Å²) >= 11 is 7.49. The molecule has 0 aliphatic heterocycles. The molecule has 7 heteroatoms. The fourth-order valence-electron chi connectivity index (χ4n) is 3.18. The minimum atomic E-state index is -0.149. The van der Waals surface area contributed by atoms with E-state index in [-0.39, 0.29) is 11.7 Å². The van der Waals surface area contributed by atoms with Gasteiger partial charge in [-0.15, -0.1) is 10.2 Å². The zero-order valence-electron chi connectivity index (χ0n) is 17.0. The first kappa shape index (κ1) is 21.2. The first-order valence-electron chi connectivity index (χ1n) is 9.81. The molecule has 0 spiro atoms. The summed E-state index contributed by atoms with van der Waals surface area (Å²) in [5.74, 6) is 0.831. The third-order valence-corrected chi connectivity index (χ3v) is 5.95. The van der Waals surface area contributed by atoms with Crippen LogP contribution in [0.2, 0.25) is 5.02 Å². The topological polar surface area (TPSA) is 59.8 Å². The molecule has 1 N–H and O–H groups in total. The molecule has 0 unspecified atom stereocenters. The molecule has 0 radical (unpaired) electrons. The molecular formula is C24H21ClN4OS. The second-order valence-corrected chi connectivity index (χ2v) is 8.41. The summed E-state index contributed by atoms with van der Waals surface area (Å²) in [5, 5.41) is 12.9. The highest BCUT2D eigenvalue weighted by molar-refractivity contribution is 7.99. The number of hydrogen-bond donors (Lipinski definition) is 1. The molecular weight excluding hydrogens is 428 g/mol. The second-order valence-electron chi connectivity index (χ2n) is 7.06. The average molecular weight is 449 g/mol. The summed E-state index contributed by atoms with van der Waals surface area (Å²) in [4.78, 5) is 12.5. The Morgan fingerprint density at radius 2 is 1.77 bits per heavy atom. The van der Waals surface area contributed by atoms with Crippen LogP contribution in [-0.2, 0) is 11.3 Å². The lowest BCUT2D eigenvalue weighted by atomic mass is 10.1. The van der Waals surface area contributed by atoms with E-state index in [1.807, 2.05) is 42.5 Å². The van der Waals surface area contributed by atoms with E-state index in [1.54, 1.807) is 12.1 Å². The monoisotopic (exact) mass is 448 g/mol. The summed E-state index contributed by atoms with van der Waals surface area (Å²) in [6.45, 7) is 2.67. The van der Waals surface area contributed by atoms with Crippen molar-refractivity contribution < 1.29 is 4.79 Å². The molecule has 0 bridgehead atoms. The Hall–Kier alpha value is -3.09. The number of anilines is 1. The van der Waals surface area contributed by atoms with Crippen molar-refractivity contribution >= 4 is 35.0 Å². The number of hydrogen-bond acceptors (Lipinski definition) is 4. The van der Waals surface area contributed by atoms with Gasteiger partial charge in [0.05, 0.1) is 23.0 Å². The number of amides is 1. The summed E-state index contributed by atoms with van der Waals surface area (Å²) < 4.78 is 2.05. The highest BCUT2D eigenvalue weighted by Gasteiger charge is 2.16. The maximum atomic E-state index is 12.5. The van der Waals surface area contributed by atoms with E-state index in [2.05, 4.69) is 51.3 Å². The van der Waals surface area contributed by atoms with E-state index in [0.29, 0.717) is 22.4 Å². The van der Waals surface area contributed by atoms with Crippen molar-refractivity contribution in [2.45, 2.75) is 18.6 Å². The Bertz CT molecular complexity index is 1190. The standard InChI is InChI=1S/C24H21ClN4OS/c1-17-8-7-11-19(14-17)23-27-28-24(29(23)15-18-9-3-2-4-10-18)31-16-22(30)26-21-13-6-5-12-20(21)25/h2-14H,15-16H2,1H3,(H,26,30). The summed E-state index contributed by atoms with van der Waals surface area (Å²) in [6.07, 6.45) is 0. The molecule has 0 atom stereocenters. The van der Waals surface area contributed by atoms with Gasteiger partial charge in [-0.25, -0.2) is 0 Å². The van der Waals surface area contributed by atoms with Crippen LogP contribution >= 0.6 is 23.4 Å². The van der Waals surface area contributed by atoms with Gasteiger partial charge in [-0.05, 0) is 30.7 Å². The van der Waals surface area contributed by atoms with Crippen molar-refractivity contribution in [3.63, 3.8) is 0 Å². The van der Waals surface area contributed by atoms with Crippen LogP contribution in [0.4, 0.5) is 5.69 Å². The molecule has 5 nitrogen and oxygen atoms in total. The Balaban J connectivity index is 1.56. The van der Waals surface area contributed by atoms with Gasteiger partial charge in [0.15, 0.2) is 11.0 Å². The van der Waals surface area contributed by atoms with E-state index in [0.717, 1.165) is 22.5 Å². The lowest BCUT2D eigenvalue weighted by Crippen LogP contribution is -2.15. The third-order valence-electron chi connectivity index (χ3n) is 4.66. The number of carbonyl (C=O) groups is 1. The summed E-state index contributed by atoms with van der Waals surface area (Å²) in [6, 6.07) is 25.5. The van der Waals surface area contributed by atoms with Gasteiger partial charge in [0.2, 0.25) is 5.91 Å². The Morgan fingerprint density at radius 1 is 1.00 bits per heavy atom. The molecule has 0 saturated carbocycles. The predicted molar refractivity (Wildman–Crippen MR) is 127 cm³/mol. The van der Waals surface area contributed by atoms with E-state index in [1.165, 1.54) is 11.8 Å². The van der Waals surface area contributed by atoms with Crippen LogP contribution in [-0.4, -0.2) is 26.4 Å². The highest BCUT2D eigenvalue weighted by atomic mass is 35.5. The number of nitrogens with zero attached hydrogens (tertiary/aromatic N) is 3. The smallest absolute Gasteiger partial charge is 0.234 e. The molecule has 0 saturated heterocycles. The van der Waals surface area contributed by atoms with E-state index < -0.39 is 0 Å². The van der Waals surface area contributed by atoms with E-state index >= 15 is 0 Å². The van der Waals surface area contributed by atoms with Gasteiger partial charge in [0.1, 0.15) is 0 Å². The first-order chi connectivity index (χ1) is 15.1. The third kappa shape index (κ3) is 5.34. The molecule has 156 valence electrons. The number of para-hydroxylation sites is 1. The number of halogens is 1. The molecule has 0 aliphatic carbocycles. The number of benzene rings is 3. The van der Waals surface area contributed by atoms with Crippen molar-refractivity contribution in [2.75, 3.05) is 11.1 Å². The molecule has 1 heterocycles. The van der Waals surface area contributed by atoms with Gasteiger partial charge in [-0.3, -0.25) is 9.36 Å². The Labute approximate surface area is 190 Å². The molecule has 4 rings (SSSR count). The molecule has 0 fully saturated rings. The Morgan fingerprint density at radius 3 is 2.55 bits per heavy atom. The van der Waals surface area contributed by atoms with E-state index in [4.69, 9.17) is 11.6 Å². The predicted octanol–water partition coefficient (Wildman–Crippen LogP) is 5.69. The SMILES string of the molecule is Cc1cccc(-c2nnc(SCC(=O)Nc3ccccc3Cl)n2Cc2ccccc2)c1. The molecule has 31 heavy (non-hydrogen) atoms. The van der Waals surface area contributed by atoms with E-state index in [9.17, 15) is 4.79 Å². The van der Waals surface area contributed by atoms with Gasteiger partial charge >= 0.3 is 0 Å². The van der Waals surface area contributed by atoms with Crippen LogP contribution in [0.1, 0.15) is 11.1 Å². The lowest BCUT2D eigenvalue weighted by molar-refractivity contribution is -0.113. The second kappa shape index (κ2) is 9.81. The fourth-order valence-corrected chi connectivity index (χ4v) is 4.10. The number of nitrogens with one attached hydrogen (secondary N) is 1. The molecule has 3 aromatic carbocycles. The van der Waals surface area contributed by atoms with Gasteiger partial charge in [0, 0.05) is 5.56 Å². The van der Waals surface area contributed by atoms with Gasteiger partial charge in [0.25, 0.3) is 0 Å². The van der Waals surface area contributed by atoms with Crippen molar-refractivity contribution in [1.82, 2.24) is 14.8 Å². The molecule has 1 amide bonds. The van der Waals surface area contributed by atoms with Crippen molar-refractivity contribution in [3.05, 3.63) is 95.0 Å². The number of carbonyl (C=O) groups excluding carboxylic acids is 1. The summed E-state index contributed by atoms with van der Waals surface area (Å²) in [7, 11) is 0. The van der Waals surface area contributed by atoms with Crippen molar-refractivity contribution in [3.8, 4) is 11.4 Å². The number of thioether (sulfide) groups is 1. The average Bonchev–Trinajstić information content (AvgIpc) is 3.17. The van der Waals surface area contributed by atoms with Crippen molar-refractivity contribution in [2.24, 2.45) is 0 Å². The van der Waals surface area contributed by atoms with Crippen LogP contribution in [0.15, 0.2) is 84.0 Å². The van der Waals surface area contributed by atoms with Crippen molar-refractivity contribution in [1.29, 1.82) is 0 Å². The minimum absolute atomic E-state index is 0.149. The number of rotatable bonds is 7. The summed E-state index contributed by atoms with van der Waals surface area (Å²) in [5.41, 5.74) is 3.88. The number of aryl methyl sites for hydroxylation is 1. The zero-order chi connectivity index (χ0) is 21.6. The first-order valence-corrected chi connectivity index (χ1v) is 11.2. The minimum Gasteiger partial charge on any atom is -0.324 e. The number of aromatic nitrogens is 3. The zero-order valence-corrected chi connectivity index (χ0v) is 18.5. The Kier molecular flexibility index (Phi) is 6.70. The van der Waals surface area contributed by atoms with Crippen LogP contribution < -0.4 is 5.32 Å². The molecule has 4 aromatic rings. The highest BCUT2D eigenvalue weighted by Crippen LogP contribution is 2.26. The quantitative estimate of drug-likeness (QED) is 0.369. The van der Waals surface area contributed by atoms with Gasteiger partial charge in [-0.1, -0.05) is 89.6 Å². The maximum absolute atomic E-state index is 12.5. The maximum Gasteiger partial charge on any atom is 0.234 e. The normalized spacial score (nSPS) is 10.8. The van der Waals surface area contributed by atoms with Crippen LogP contribution in [0, 0.1) is 6.92 Å². The van der Waals surface area contributed by atoms with Crippen LogP contribution in [0.3, 0.4) is 0 Å². The lowest BCUT2D eigenvalue weighted by Gasteiger charge is -2.11.